The van der Waals surface area contributed by atoms with Gasteiger partial charge in [0.1, 0.15) is 0 Å². The smallest absolute Gasteiger partial charge is 0.191 e. The number of hydrogen-bond acceptors (Lipinski definition) is 4. The van der Waals surface area contributed by atoms with Crippen molar-refractivity contribution in [1.29, 1.82) is 0 Å². The van der Waals surface area contributed by atoms with Gasteiger partial charge in [-0.1, -0.05) is 19.9 Å². The van der Waals surface area contributed by atoms with Gasteiger partial charge in [0.25, 0.3) is 0 Å². The molecular weight excluding hydrogens is 344 g/mol. The highest BCUT2D eigenvalue weighted by atomic mass is 32.1. The third kappa shape index (κ3) is 6.89. The minimum atomic E-state index is 0.0707. The van der Waals surface area contributed by atoms with E-state index in [-0.39, 0.29) is 5.41 Å². The first kappa shape index (κ1) is 21.2. The van der Waals surface area contributed by atoms with Crippen molar-refractivity contribution in [2.24, 2.45) is 4.99 Å². The molecule has 0 atom stereocenters. The lowest BCUT2D eigenvalue weighted by Crippen LogP contribution is -2.49. The Morgan fingerprint density at radius 3 is 2.77 bits per heavy atom. The zero-order valence-corrected chi connectivity index (χ0v) is 17.7. The standard InChI is InChI=1S/C20H36N4OS/c1-5-21-19(22-16-20(2,3)18-8-6-15-26-18)23-17-9-12-24(13-10-17)11-7-14-25-4/h6,8,15,17H,5,7,9-14,16H2,1-4H3,(H2,21,22,23). The molecule has 0 radical (unpaired) electrons. The Labute approximate surface area is 163 Å². The van der Waals surface area contributed by atoms with Gasteiger partial charge in [0.05, 0.1) is 6.54 Å². The SMILES string of the molecule is CCNC(=NCC(C)(C)c1cccs1)NC1CCN(CCCOC)CC1. The monoisotopic (exact) mass is 380 g/mol. The first-order chi connectivity index (χ1) is 12.5. The van der Waals surface area contributed by atoms with Crippen LogP contribution in [-0.2, 0) is 10.2 Å². The molecule has 2 rings (SSSR count). The molecule has 2 N–H and O–H groups in total. The van der Waals surface area contributed by atoms with Gasteiger partial charge < -0.3 is 20.3 Å². The van der Waals surface area contributed by atoms with E-state index in [1.165, 1.54) is 17.7 Å². The van der Waals surface area contributed by atoms with Gasteiger partial charge >= 0.3 is 0 Å². The third-order valence-electron chi connectivity index (χ3n) is 4.92. The molecule has 1 aromatic rings. The molecule has 1 saturated heterocycles. The molecule has 1 aromatic heterocycles. The van der Waals surface area contributed by atoms with Crippen LogP contribution >= 0.6 is 11.3 Å². The van der Waals surface area contributed by atoms with Crippen molar-refractivity contribution in [2.75, 3.05) is 46.4 Å². The molecule has 0 aliphatic carbocycles. The normalized spacial score (nSPS) is 17.5. The van der Waals surface area contributed by atoms with Gasteiger partial charge in [-0.15, -0.1) is 11.3 Å². The van der Waals surface area contributed by atoms with Gasteiger partial charge in [-0.05, 0) is 37.6 Å². The number of aliphatic imine (C=N–C) groups is 1. The zero-order valence-electron chi connectivity index (χ0n) is 16.9. The van der Waals surface area contributed by atoms with E-state index >= 15 is 0 Å². The number of methoxy groups -OCH3 is 1. The summed E-state index contributed by atoms with van der Waals surface area (Å²) in [5.74, 6) is 0.954. The number of guanidine groups is 1. The fourth-order valence-electron chi connectivity index (χ4n) is 3.27. The molecule has 148 valence electrons. The summed E-state index contributed by atoms with van der Waals surface area (Å²) in [7, 11) is 1.78. The largest absolute Gasteiger partial charge is 0.385 e. The summed E-state index contributed by atoms with van der Waals surface area (Å²) in [5, 5.41) is 9.21. The van der Waals surface area contributed by atoms with Gasteiger partial charge in [-0.3, -0.25) is 4.99 Å². The molecule has 5 nitrogen and oxygen atoms in total. The van der Waals surface area contributed by atoms with Crippen molar-refractivity contribution in [2.45, 2.75) is 51.5 Å². The van der Waals surface area contributed by atoms with E-state index in [2.05, 4.69) is 53.8 Å². The lowest BCUT2D eigenvalue weighted by molar-refractivity contribution is 0.155. The van der Waals surface area contributed by atoms with Gasteiger partial charge in [0.2, 0.25) is 0 Å². The molecule has 1 aliphatic heterocycles. The predicted molar refractivity (Wildman–Crippen MR) is 112 cm³/mol. The Hall–Kier alpha value is -1.11. The lowest BCUT2D eigenvalue weighted by Gasteiger charge is -2.33. The molecular formula is C20H36N4OS. The number of piperidine rings is 1. The summed E-state index contributed by atoms with van der Waals surface area (Å²) in [5.41, 5.74) is 0.0707. The van der Waals surface area contributed by atoms with Crippen LogP contribution in [-0.4, -0.2) is 63.3 Å². The van der Waals surface area contributed by atoms with Crippen molar-refractivity contribution >= 4 is 17.3 Å². The second-order valence-electron chi connectivity index (χ2n) is 7.66. The van der Waals surface area contributed by atoms with Crippen molar-refractivity contribution in [3.63, 3.8) is 0 Å². The van der Waals surface area contributed by atoms with Gasteiger partial charge in [-0.2, -0.15) is 0 Å². The topological polar surface area (TPSA) is 48.9 Å². The maximum absolute atomic E-state index is 5.15. The summed E-state index contributed by atoms with van der Waals surface area (Å²) >= 11 is 1.81. The van der Waals surface area contributed by atoms with Gasteiger partial charge in [-0.25, -0.2) is 0 Å². The number of hydrogen-bond donors (Lipinski definition) is 2. The molecule has 0 bridgehead atoms. The number of nitrogens with one attached hydrogen (secondary N) is 2. The third-order valence-corrected chi connectivity index (χ3v) is 6.15. The summed E-state index contributed by atoms with van der Waals surface area (Å²) < 4.78 is 5.15. The van der Waals surface area contributed by atoms with E-state index < -0.39 is 0 Å². The van der Waals surface area contributed by atoms with Crippen molar-refractivity contribution in [3.05, 3.63) is 22.4 Å². The van der Waals surface area contributed by atoms with Crippen LogP contribution in [0.1, 0.15) is 44.9 Å². The van der Waals surface area contributed by atoms with E-state index in [9.17, 15) is 0 Å². The number of ether oxygens (including phenoxy) is 1. The molecule has 0 aromatic carbocycles. The minimum absolute atomic E-state index is 0.0707. The van der Waals surface area contributed by atoms with Crippen LogP contribution in [0.2, 0.25) is 0 Å². The summed E-state index contributed by atoms with van der Waals surface area (Å²) in [6.45, 7) is 12.6. The second-order valence-corrected chi connectivity index (χ2v) is 8.61. The van der Waals surface area contributed by atoms with Crippen LogP contribution in [0.15, 0.2) is 22.5 Å². The molecule has 0 saturated carbocycles. The van der Waals surface area contributed by atoms with Crippen molar-refractivity contribution in [3.8, 4) is 0 Å². The van der Waals surface area contributed by atoms with Crippen LogP contribution in [0, 0.1) is 0 Å². The maximum atomic E-state index is 5.15. The highest BCUT2D eigenvalue weighted by Gasteiger charge is 2.23. The molecule has 2 heterocycles. The van der Waals surface area contributed by atoms with Crippen molar-refractivity contribution in [1.82, 2.24) is 15.5 Å². The number of nitrogens with zero attached hydrogens (tertiary/aromatic N) is 2. The molecule has 1 aliphatic rings. The lowest BCUT2D eigenvalue weighted by atomic mass is 9.92. The first-order valence-electron chi connectivity index (χ1n) is 9.85. The molecule has 6 heteroatoms. The summed E-state index contributed by atoms with van der Waals surface area (Å²) in [6, 6.07) is 4.84. The van der Waals surface area contributed by atoms with E-state index in [1.54, 1.807) is 7.11 Å². The Kier molecular flexibility index (Phi) is 8.88. The van der Waals surface area contributed by atoms with Crippen LogP contribution in [0.5, 0.6) is 0 Å². The quantitative estimate of drug-likeness (QED) is 0.393. The Morgan fingerprint density at radius 1 is 1.38 bits per heavy atom. The van der Waals surface area contributed by atoms with Gasteiger partial charge in [0.15, 0.2) is 5.96 Å². The van der Waals surface area contributed by atoms with Crippen LogP contribution in [0.3, 0.4) is 0 Å². The Balaban J connectivity index is 1.82. The Bertz CT molecular complexity index is 522. The second kappa shape index (κ2) is 10.9. The van der Waals surface area contributed by atoms with Crippen LogP contribution in [0.4, 0.5) is 0 Å². The zero-order chi connectivity index (χ0) is 18.8. The molecule has 1 fully saturated rings. The fourth-order valence-corrected chi connectivity index (χ4v) is 4.11. The highest BCUT2D eigenvalue weighted by Crippen LogP contribution is 2.27. The van der Waals surface area contributed by atoms with Crippen LogP contribution < -0.4 is 10.6 Å². The van der Waals surface area contributed by atoms with Crippen molar-refractivity contribution < 1.29 is 4.74 Å². The molecule has 0 amide bonds. The minimum Gasteiger partial charge on any atom is -0.385 e. The Morgan fingerprint density at radius 2 is 2.15 bits per heavy atom. The van der Waals surface area contributed by atoms with E-state index in [0.717, 1.165) is 51.7 Å². The fraction of sp³-hybridized carbons (Fsp3) is 0.750. The summed E-state index contributed by atoms with van der Waals surface area (Å²) in [4.78, 5) is 8.82. The molecule has 0 unspecified atom stereocenters. The average Bonchev–Trinajstić information content (AvgIpc) is 3.17. The maximum Gasteiger partial charge on any atom is 0.191 e. The van der Waals surface area contributed by atoms with Gasteiger partial charge in [0, 0.05) is 56.2 Å². The highest BCUT2D eigenvalue weighted by molar-refractivity contribution is 7.10. The average molecular weight is 381 g/mol. The number of likely N-dealkylation sites (tertiary alicyclic amines) is 1. The molecule has 0 spiro atoms. The van der Waals surface area contributed by atoms with E-state index in [1.807, 2.05) is 11.3 Å². The molecule has 26 heavy (non-hydrogen) atoms. The van der Waals surface area contributed by atoms with Crippen LogP contribution in [0.25, 0.3) is 0 Å². The first-order valence-corrected chi connectivity index (χ1v) is 10.7. The number of rotatable bonds is 9. The van der Waals surface area contributed by atoms with E-state index in [4.69, 9.17) is 9.73 Å². The predicted octanol–water partition coefficient (Wildman–Crippen LogP) is 3.08. The summed E-state index contributed by atoms with van der Waals surface area (Å²) in [6.07, 6.45) is 3.47. The number of thiophene rings is 1. The van der Waals surface area contributed by atoms with E-state index in [0.29, 0.717) is 6.04 Å².